The Kier molecular flexibility index (Phi) is 4.41. The van der Waals surface area contributed by atoms with Crippen LogP contribution in [0, 0.1) is 10.1 Å². The summed E-state index contributed by atoms with van der Waals surface area (Å²) >= 11 is 4.52. The normalized spacial score (nSPS) is 10.2. The number of nitro benzene ring substituents is 1. The summed E-state index contributed by atoms with van der Waals surface area (Å²) in [6.07, 6.45) is 0. The van der Waals surface area contributed by atoms with Crippen molar-refractivity contribution in [2.75, 3.05) is 0 Å². The van der Waals surface area contributed by atoms with Gasteiger partial charge in [0.15, 0.2) is 0 Å². The van der Waals surface area contributed by atoms with Crippen molar-refractivity contribution in [2.24, 2.45) is 0 Å². The highest BCUT2D eigenvalue weighted by Gasteiger charge is 2.10. The molecule has 2 rings (SSSR count). The lowest BCUT2D eigenvalue weighted by Crippen LogP contribution is -1.97. The van der Waals surface area contributed by atoms with Gasteiger partial charge in [0.2, 0.25) is 0 Å². The van der Waals surface area contributed by atoms with Crippen LogP contribution >= 0.6 is 27.7 Å². The van der Waals surface area contributed by atoms with Crippen molar-refractivity contribution < 1.29 is 14.8 Å². The minimum atomic E-state index is -1.01. The van der Waals surface area contributed by atoms with Crippen molar-refractivity contribution >= 4 is 39.3 Å². The molecule has 0 bridgehead atoms. The first-order valence-electron chi connectivity index (χ1n) is 5.42. The summed E-state index contributed by atoms with van der Waals surface area (Å²) in [6.45, 7) is 0. The number of non-ortho nitro benzene ring substituents is 1. The Morgan fingerprint density at radius 2 is 1.75 bits per heavy atom. The monoisotopic (exact) mass is 353 g/mol. The third-order valence-corrected chi connectivity index (χ3v) is 4.14. The number of hydrogen-bond donors (Lipinski definition) is 1. The van der Waals surface area contributed by atoms with Gasteiger partial charge in [0.05, 0.1) is 10.5 Å². The summed E-state index contributed by atoms with van der Waals surface area (Å²) in [7, 11) is 0. The first-order valence-corrected chi connectivity index (χ1v) is 7.03. The number of benzene rings is 2. The van der Waals surface area contributed by atoms with Gasteiger partial charge in [-0.3, -0.25) is 10.1 Å². The smallest absolute Gasteiger partial charge is 0.336 e. The average Bonchev–Trinajstić information content (AvgIpc) is 2.41. The molecule has 2 aromatic carbocycles. The molecule has 0 spiro atoms. The van der Waals surface area contributed by atoms with E-state index in [9.17, 15) is 14.9 Å². The highest BCUT2D eigenvalue weighted by molar-refractivity contribution is 9.10. The van der Waals surface area contributed by atoms with E-state index in [2.05, 4.69) is 15.9 Å². The Balaban J connectivity index is 2.23. The molecule has 0 amide bonds. The Morgan fingerprint density at radius 1 is 1.15 bits per heavy atom. The van der Waals surface area contributed by atoms with Crippen LogP contribution in [0.1, 0.15) is 10.4 Å². The van der Waals surface area contributed by atoms with Gasteiger partial charge in [0.1, 0.15) is 0 Å². The average molecular weight is 354 g/mol. The molecule has 0 saturated carbocycles. The third kappa shape index (κ3) is 3.37. The molecule has 1 N–H and O–H groups in total. The van der Waals surface area contributed by atoms with Crippen molar-refractivity contribution in [2.45, 2.75) is 9.79 Å². The lowest BCUT2D eigenvalue weighted by Gasteiger charge is -2.04. The number of nitro groups is 1. The van der Waals surface area contributed by atoms with Crippen LogP contribution in [0.15, 0.2) is 56.7 Å². The van der Waals surface area contributed by atoms with E-state index >= 15 is 0 Å². The number of hydrogen-bond acceptors (Lipinski definition) is 4. The van der Waals surface area contributed by atoms with Crippen molar-refractivity contribution in [3.8, 4) is 0 Å². The van der Waals surface area contributed by atoms with Gasteiger partial charge in [0, 0.05) is 26.4 Å². The van der Waals surface area contributed by atoms with Gasteiger partial charge < -0.3 is 5.11 Å². The number of carbonyl (C=O) groups is 1. The molecule has 7 heteroatoms. The molecule has 0 saturated heterocycles. The number of carboxylic acid groups (broad SMARTS) is 1. The largest absolute Gasteiger partial charge is 0.478 e. The number of rotatable bonds is 4. The van der Waals surface area contributed by atoms with Gasteiger partial charge in [-0.05, 0) is 46.3 Å². The molecule has 20 heavy (non-hydrogen) atoms. The molecule has 0 aliphatic heterocycles. The zero-order valence-electron chi connectivity index (χ0n) is 9.95. The van der Waals surface area contributed by atoms with E-state index < -0.39 is 10.9 Å². The maximum absolute atomic E-state index is 11.0. The van der Waals surface area contributed by atoms with Gasteiger partial charge in [-0.25, -0.2) is 4.79 Å². The summed E-state index contributed by atoms with van der Waals surface area (Å²) in [5.74, 6) is -1.01. The van der Waals surface area contributed by atoms with Gasteiger partial charge in [-0.15, -0.1) is 0 Å². The van der Waals surface area contributed by atoms with Crippen LogP contribution in [-0.2, 0) is 0 Å². The van der Waals surface area contributed by atoms with E-state index in [1.807, 2.05) is 0 Å². The number of aromatic carboxylic acids is 1. The lowest BCUT2D eigenvalue weighted by atomic mass is 10.2. The number of nitrogens with zero attached hydrogens (tertiary/aromatic N) is 1. The highest BCUT2D eigenvalue weighted by atomic mass is 79.9. The molecule has 102 valence electrons. The molecule has 0 unspecified atom stereocenters. The molecule has 0 heterocycles. The second kappa shape index (κ2) is 6.06. The quantitative estimate of drug-likeness (QED) is 0.657. The minimum Gasteiger partial charge on any atom is -0.478 e. The Bertz CT molecular complexity index is 673. The molecule has 0 radical (unpaired) electrons. The molecule has 0 aromatic heterocycles. The van der Waals surface area contributed by atoms with Gasteiger partial charge in [0.25, 0.3) is 5.69 Å². The van der Waals surface area contributed by atoms with E-state index in [4.69, 9.17) is 5.11 Å². The SMILES string of the molecule is O=C(O)c1cc(Sc2ccc([N+](=O)[O-])cc2)ccc1Br. The van der Waals surface area contributed by atoms with Crippen molar-refractivity contribution in [1.29, 1.82) is 0 Å². The zero-order valence-corrected chi connectivity index (χ0v) is 12.3. The van der Waals surface area contributed by atoms with E-state index in [-0.39, 0.29) is 11.3 Å². The summed E-state index contributed by atoms with van der Waals surface area (Å²) in [5.41, 5.74) is 0.202. The van der Waals surface area contributed by atoms with Gasteiger partial charge in [-0.2, -0.15) is 0 Å². The van der Waals surface area contributed by atoms with Crippen molar-refractivity contribution in [3.63, 3.8) is 0 Å². The molecule has 0 atom stereocenters. The predicted octanol–water partition coefficient (Wildman–Crippen LogP) is 4.21. The first-order chi connectivity index (χ1) is 9.47. The summed E-state index contributed by atoms with van der Waals surface area (Å²) in [4.78, 5) is 22.7. The number of halogens is 1. The standard InChI is InChI=1S/C13H8BrNO4S/c14-12-6-5-10(7-11(12)13(16)17)20-9-3-1-8(2-4-9)15(18)19/h1-7H,(H,16,17). The molecule has 0 aliphatic rings. The van der Waals surface area contributed by atoms with Crippen LogP contribution in [-0.4, -0.2) is 16.0 Å². The Morgan fingerprint density at radius 3 is 2.30 bits per heavy atom. The second-order valence-corrected chi connectivity index (χ2v) is 5.80. The van der Waals surface area contributed by atoms with Crippen molar-refractivity contribution in [3.05, 3.63) is 62.6 Å². The van der Waals surface area contributed by atoms with Crippen molar-refractivity contribution in [1.82, 2.24) is 0 Å². The number of carboxylic acids is 1. The zero-order chi connectivity index (χ0) is 14.7. The molecule has 2 aromatic rings. The van der Waals surface area contributed by atoms with Crippen LogP contribution in [0.25, 0.3) is 0 Å². The van der Waals surface area contributed by atoms with Crippen LogP contribution in [0.3, 0.4) is 0 Å². The van der Waals surface area contributed by atoms with Crippen LogP contribution < -0.4 is 0 Å². The molecule has 0 fully saturated rings. The lowest BCUT2D eigenvalue weighted by molar-refractivity contribution is -0.384. The van der Waals surface area contributed by atoms with Crippen LogP contribution in [0.4, 0.5) is 5.69 Å². The van der Waals surface area contributed by atoms with Gasteiger partial charge >= 0.3 is 5.97 Å². The third-order valence-electron chi connectivity index (χ3n) is 2.45. The summed E-state index contributed by atoms with van der Waals surface area (Å²) in [5, 5.41) is 19.6. The minimum absolute atomic E-state index is 0.0244. The fourth-order valence-corrected chi connectivity index (χ4v) is 2.78. The van der Waals surface area contributed by atoms with Gasteiger partial charge in [-0.1, -0.05) is 11.8 Å². The maximum atomic E-state index is 11.0. The Hall–Kier alpha value is -1.86. The molecule has 5 nitrogen and oxygen atoms in total. The summed E-state index contributed by atoms with van der Waals surface area (Å²) < 4.78 is 0.512. The predicted molar refractivity (Wildman–Crippen MR) is 78.3 cm³/mol. The van der Waals surface area contributed by atoms with E-state index in [0.717, 1.165) is 9.79 Å². The van der Waals surface area contributed by atoms with E-state index in [1.165, 1.54) is 23.9 Å². The molecule has 0 aliphatic carbocycles. The van der Waals surface area contributed by atoms with E-state index in [0.29, 0.717) is 4.47 Å². The van der Waals surface area contributed by atoms with Crippen LogP contribution in [0.2, 0.25) is 0 Å². The highest BCUT2D eigenvalue weighted by Crippen LogP contribution is 2.31. The first kappa shape index (κ1) is 14.5. The van der Waals surface area contributed by atoms with Crippen LogP contribution in [0.5, 0.6) is 0 Å². The fraction of sp³-hybridized carbons (Fsp3) is 0. The molecular weight excluding hydrogens is 346 g/mol. The summed E-state index contributed by atoms with van der Waals surface area (Å²) in [6, 6.07) is 11.1. The topological polar surface area (TPSA) is 80.4 Å². The fourth-order valence-electron chi connectivity index (χ4n) is 1.50. The Labute approximate surface area is 126 Å². The van der Waals surface area contributed by atoms with E-state index in [1.54, 1.807) is 30.3 Å². The maximum Gasteiger partial charge on any atom is 0.336 e. The second-order valence-electron chi connectivity index (χ2n) is 3.80. The molecular formula is C13H8BrNO4S.